The molecule has 0 heterocycles. The van der Waals surface area contributed by atoms with E-state index in [-0.39, 0.29) is 35.0 Å². The van der Waals surface area contributed by atoms with E-state index in [0.717, 1.165) is 38.5 Å². The van der Waals surface area contributed by atoms with Crippen LogP contribution < -0.4 is 0 Å². The predicted octanol–water partition coefficient (Wildman–Crippen LogP) is 4.81. The summed E-state index contributed by atoms with van der Waals surface area (Å²) in [5.74, 6) is 1.77. The lowest BCUT2D eigenvalue weighted by Crippen LogP contribution is -2.51. The topological polar surface area (TPSA) is 52.6 Å². The maximum absolute atomic E-state index is 11.6. The van der Waals surface area contributed by atoms with E-state index in [4.69, 9.17) is 9.47 Å². The summed E-state index contributed by atoms with van der Waals surface area (Å²) in [6.45, 7) is 7.88. The van der Waals surface area contributed by atoms with Gasteiger partial charge in [-0.05, 0) is 68.1 Å². The normalized spacial score (nSPS) is 45.8. The lowest BCUT2D eigenvalue weighted by molar-refractivity contribution is -0.157. The summed E-state index contributed by atoms with van der Waals surface area (Å²) in [4.78, 5) is 22.9. The molecular formula is C23H34O4. The average molecular weight is 375 g/mol. The maximum atomic E-state index is 11.6. The second kappa shape index (κ2) is 6.63. The SMILES string of the molecule is CC(=O)O[C@@H]1CC[C@]2(C)C(=CC[C@@H]3[C@H]4CC[C@@H](OC(C)=O)[C@]4(C)CC[C@H]32)C1. The summed E-state index contributed by atoms with van der Waals surface area (Å²) in [6.07, 6.45) is 11.4. The number of rotatable bonds is 2. The highest BCUT2D eigenvalue weighted by Gasteiger charge is 2.59. The first kappa shape index (κ1) is 19.0. The van der Waals surface area contributed by atoms with Crippen LogP contribution in [-0.4, -0.2) is 24.1 Å². The number of fused-ring (bicyclic) bond motifs is 5. The van der Waals surface area contributed by atoms with Gasteiger partial charge in [-0.2, -0.15) is 0 Å². The first-order valence-electron chi connectivity index (χ1n) is 10.8. The third-order valence-corrected chi connectivity index (χ3v) is 8.61. The number of hydrogen-bond acceptors (Lipinski definition) is 4. The lowest BCUT2D eigenvalue weighted by atomic mass is 9.48. The minimum absolute atomic E-state index is 0.0621. The molecular weight excluding hydrogens is 340 g/mol. The van der Waals surface area contributed by atoms with Crippen molar-refractivity contribution in [2.24, 2.45) is 28.6 Å². The molecule has 0 aromatic heterocycles. The lowest BCUT2D eigenvalue weighted by Gasteiger charge is -2.57. The van der Waals surface area contributed by atoms with Crippen LogP contribution in [0.1, 0.15) is 79.1 Å². The Hall–Kier alpha value is -1.32. The molecule has 0 aliphatic heterocycles. The van der Waals surface area contributed by atoms with Crippen LogP contribution in [0.5, 0.6) is 0 Å². The summed E-state index contributed by atoms with van der Waals surface area (Å²) in [7, 11) is 0. The molecule has 4 aliphatic carbocycles. The van der Waals surface area contributed by atoms with E-state index in [0.29, 0.717) is 17.8 Å². The Balaban J connectivity index is 1.55. The van der Waals surface area contributed by atoms with E-state index in [2.05, 4.69) is 19.9 Å². The Labute approximate surface area is 163 Å². The van der Waals surface area contributed by atoms with Crippen molar-refractivity contribution in [3.05, 3.63) is 11.6 Å². The molecule has 7 atom stereocenters. The van der Waals surface area contributed by atoms with Crippen molar-refractivity contribution in [3.8, 4) is 0 Å². The molecule has 4 heteroatoms. The second-order valence-corrected chi connectivity index (χ2v) is 9.95. The van der Waals surface area contributed by atoms with E-state index in [1.165, 1.54) is 25.3 Å². The molecule has 4 aliphatic rings. The van der Waals surface area contributed by atoms with Gasteiger partial charge in [-0.15, -0.1) is 0 Å². The molecule has 150 valence electrons. The molecule has 0 bridgehead atoms. The maximum Gasteiger partial charge on any atom is 0.302 e. The molecule has 0 saturated heterocycles. The molecule has 0 radical (unpaired) electrons. The first-order valence-corrected chi connectivity index (χ1v) is 10.8. The Bertz CT molecular complexity index is 667. The van der Waals surface area contributed by atoms with Gasteiger partial charge >= 0.3 is 11.9 Å². The summed E-state index contributed by atoms with van der Waals surface area (Å²) >= 11 is 0. The van der Waals surface area contributed by atoms with Gasteiger partial charge < -0.3 is 9.47 Å². The molecule has 4 nitrogen and oxygen atoms in total. The van der Waals surface area contributed by atoms with Crippen LogP contribution >= 0.6 is 0 Å². The minimum atomic E-state index is -0.159. The van der Waals surface area contributed by atoms with Crippen molar-refractivity contribution in [2.45, 2.75) is 91.3 Å². The zero-order valence-corrected chi connectivity index (χ0v) is 17.3. The van der Waals surface area contributed by atoms with E-state index < -0.39 is 0 Å². The second-order valence-electron chi connectivity index (χ2n) is 9.95. The van der Waals surface area contributed by atoms with Crippen LogP contribution in [0.2, 0.25) is 0 Å². The van der Waals surface area contributed by atoms with Gasteiger partial charge in [0.15, 0.2) is 0 Å². The largest absolute Gasteiger partial charge is 0.462 e. The van der Waals surface area contributed by atoms with Crippen molar-refractivity contribution in [1.82, 2.24) is 0 Å². The Morgan fingerprint density at radius 2 is 1.70 bits per heavy atom. The molecule has 0 amide bonds. The van der Waals surface area contributed by atoms with Gasteiger partial charge in [0, 0.05) is 25.7 Å². The third kappa shape index (κ3) is 3.03. The molecule has 3 fully saturated rings. The number of carbonyl (C=O) groups is 2. The zero-order valence-electron chi connectivity index (χ0n) is 17.3. The number of carbonyl (C=O) groups excluding carboxylic acids is 2. The fourth-order valence-electron chi connectivity index (χ4n) is 7.31. The average Bonchev–Trinajstić information content (AvgIpc) is 2.91. The van der Waals surface area contributed by atoms with Crippen molar-refractivity contribution < 1.29 is 19.1 Å². The Morgan fingerprint density at radius 1 is 0.963 bits per heavy atom. The molecule has 0 spiro atoms. The summed E-state index contributed by atoms with van der Waals surface area (Å²) < 4.78 is 11.3. The smallest absolute Gasteiger partial charge is 0.302 e. The van der Waals surface area contributed by atoms with Crippen LogP contribution in [0.25, 0.3) is 0 Å². The van der Waals surface area contributed by atoms with Gasteiger partial charge in [0.25, 0.3) is 0 Å². The molecule has 0 unspecified atom stereocenters. The highest BCUT2D eigenvalue weighted by molar-refractivity contribution is 5.66. The molecule has 0 aromatic rings. The standard InChI is InChI=1S/C23H34O4/c1-14(24)26-17-9-11-22(3)16(13-17)5-6-18-19-7-8-21(27-15(2)25)23(19,4)12-10-20(18)22/h5,17-21H,6-13H2,1-4H3/t17-,18-,19-,20-,21-,22-,23-/m1/s1. The van der Waals surface area contributed by atoms with Crippen LogP contribution in [0.15, 0.2) is 11.6 Å². The summed E-state index contributed by atoms with van der Waals surface area (Å²) in [6, 6.07) is 0. The third-order valence-electron chi connectivity index (χ3n) is 8.61. The molecule has 0 N–H and O–H groups in total. The number of esters is 2. The van der Waals surface area contributed by atoms with Crippen LogP contribution in [0.4, 0.5) is 0 Å². The zero-order chi connectivity index (χ0) is 19.4. The predicted molar refractivity (Wildman–Crippen MR) is 103 cm³/mol. The van der Waals surface area contributed by atoms with Gasteiger partial charge in [0.05, 0.1) is 0 Å². The van der Waals surface area contributed by atoms with Crippen molar-refractivity contribution in [3.63, 3.8) is 0 Å². The monoisotopic (exact) mass is 374 g/mol. The highest BCUT2D eigenvalue weighted by atomic mass is 16.5. The van der Waals surface area contributed by atoms with Crippen LogP contribution in [0.3, 0.4) is 0 Å². The molecule has 0 aromatic carbocycles. The van der Waals surface area contributed by atoms with Crippen LogP contribution in [-0.2, 0) is 19.1 Å². The quantitative estimate of drug-likeness (QED) is 0.514. The van der Waals surface area contributed by atoms with Gasteiger partial charge in [-0.1, -0.05) is 25.5 Å². The summed E-state index contributed by atoms with van der Waals surface area (Å²) in [5.41, 5.74) is 1.92. The fraction of sp³-hybridized carbons (Fsp3) is 0.826. The summed E-state index contributed by atoms with van der Waals surface area (Å²) in [5, 5.41) is 0. The van der Waals surface area contributed by atoms with Gasteiger partial charge in [0.1, 0.15) is 12.2 Å². The van der Waals surface area contributed by atoms with Gasteiger partial charge in [-0.25, -0.2) is 0 Å². The van der Waals surface area contributed by atoms with Crippen molar-refractivity contribution in [2.75, 3.05) is 0 Å². The van der Waals surface area contributed by atoms with E-state index in [9.17, 15) is 9.59 Å². The molecule has 4 rings (SSSR count). The van der Waals surface area contributed by atoms with Gasteiger partial charge in [0.2, 0.25) is 0 Å². The highest BCUT2D eigenvalue weighted by Crippen LogP contribution is 2.65. The van der Waals surface area contributed by atoms with Crippen molar-refractivity contribution in [1.29, 1.82) is 0 Å². The van der Waals surface area contributed by atoms with Crippen LogP contribution in [0, 0.1) is 28.6 Å². The van der Waals surface area contributed by atoms with E-state index in [1.807, 2.05) is 0 Å². The Morgan fingerprint density at radius 3 is 2.41 bits per heavy atom. The Kier molecular flexibility index (Phi) is 4.67. The number of allylic oxidation sites excluding steroid dienone is 1. The van der Waals surface area contributed by atoms with E-state index in [1.54, 1.807) is 6.92 Å². The van der Waals surface area contributed by atoms with Gasteiger partial charge in [-0.3, -0.25) is 9.59 Å². The number of ether oxygens (including phenoxy) is 2. The van der Waals surface area contributed by atoms with E-state index >= 15 is 0 Å². The molecule has 27 heavy (non-hydrogen) atoms. The number of hydrogen-bond donors (Lipinski definition) is 0. The molecule has 3 saturated carbocycles. The minimum Gasteiger partial charge on any atom is -0.462 e. The fourth-order valence-corrected chi connectivity index (χ4v) is 7.31. The first-order chi connectivity index (χ1) is 12.7. The van der Waals surface area contributed by atoms with Crippen molar-refractivity contribution >= 4 is 11.9 Å².